The van der Waals surface area contributed by atoms with Crippen molar-refractivity contribution in [2.24, 2.45) is 22.6 Å². The van der Waals surface area contributed by atoms with Crippen molar-refractivity contribution in [1.29, 1.82) is 0 Å². The number of aliphatic imine (C=N–C) groups is 1. The number of nitrogens with one attached hydrogen (secondary N) is 1. The Morgan fingerprint density at radius 1 is 1.44 bits per heavy atom. The molecule has 2 atom stereocenters. The number of halogens is 3. The Hall–Kier alpha value is -0.140. The predicted octanol–water partition coefficient (Wildman–Crippen LogP) is 1.96. The van der Waals surface area contributed by atoms with Crippen molar-refractivity contribution < 1.29 is 8.78 Å². The highest BCUT2D eigenvalue weighted by Crippen LogP contribution is 2.35. The van der Waals surface area contributed by atoms with E-state index in [2.05, 4.69) is 10.3 Å². The van der Waals surface area contributed by atoms with E-state index in [1.807, 2.05) is 0 Å². The molecule has 0 bridgehead atoms. The Morgan fingerprint density at radius 2 is 2.12 bits per heavy atom. The van der Waals surface area contributed by atoms with Gasteiger partial charge in [0.25, 0.3) is 0 Å². The average Bonchev–Trinajstić information content (AvgIpc) is 2.80. The van der Waals surface area contributed by atoms with E-state index >= 15 is 0 Å². The monoisotopic (exact) mass is 345 g/mol. The second-order valence-electron chi connectivity index (χ2n) is 4.51. The van der Waals surface area contributed by atoms with E-state index in [0.717, 1.165) is 6.54 Å². The molecule has 2 aliphatic rings. The Labute approximate surface area is 111 Å². The zero-order valence-electron chi connectivity index (χ0n) is 9.03. The molecule has 3 N–H and O–H groups in total. The molecule has 2 saturated carbocycles. The zero-order valence-corrected chi connectivity index (χ0v) is 11.4. The number of alkyl halides is 2. The maximum atomic E-state index is 12.2. The fourth-order valence-electron chi connectivity index (χ4n) is 1.80. The van der Waals surface area contributed by atoms with Crippen molar-refractivity contribution in [2.45, 2.75) is 38.2 Å². The van der Waals surface area contributed by atoms with E-state index < -0.39 is 12.3 Å². The van der Waals surface area contributed by atoms with Crippen LogP contribution in [0.2, 0.25) is 0 Å². The van der Waals surface area contributed by atoms with Gasteiger partial charge in [-0.15, -0.1) is 24.0 Å². The van der Waals surface area contributed by atoms with Crippen LogP contribution in [0.5, 0.6) is 0 Å². The van der Waals surface area contributed by atoms with Crippen LogP contribution >= 0.6 is 24.0 Å². The predicted molar refractivity (Wildman–Crippen MR) is 70.3 cm³/mol. The van der Waals surface area contributed by atoms with Crippen LogP contribution in [0.3, 0.4) is 0 Å². The van der Waals surface area contributed by atoms with E-state index in [4.69, 9.17) is 5.73 Å². The van der Waals surface area contributed by atoms with Gasteiger partial charge >= 0.3 is 0 Å². The third-order valence-corrected chi connectivity index (χ3v) is 3.24. The minimum Gasteiger partial charge on any atom is -0.370 e. The lowest BCUT2D eigenvalue weighted by Crippen LogP contribution is -2.35. The highest BCUT2D eigenvalue weighted by Gasteiger charge is 2.44. The molecule has 16 heavy (non-hydrogen) atoms. The first-order valence-corrected chi connectivity index (χ1v) is 5.51. The first-order valence-electron chi connectivity index (χ1n) is 5.51. The summed E-state index contributed by atoms with van der Waals surface area (Å²) in [6.45, 7) is 0.741. The SMILES string of the molecule is I.NC(=NCC1CCC1)N[C@H]1C[C@@H]1C(F)F. The van der Waals surface area contributed by atoms with E-state index in [0.29, 0.717) is 18.3 Å². The number of rotatable bonds is 4. The molecule has 0 saturated heterocycles. The van der Waals surface area contributed by atoms with Crippen LogP contribution in [0.15, 0.2) is 4.99 Å². The molecule has 94 valence electrons. The Kier molecular flexibility index (Phi) is 5.20. The molecule has 0 radical (unpaired) electrons. The van der Waals surface area contributed by atoms with Gasteiger partial charge in [-0.25, -0.2) is 8.78 Å². The van der Waals surface area contributed by atoms with Crippen molar-refractivity contribution in [3.63, 3.8) is 0 Å². The van der Waals surface area contributed by atoms with Gasteiger partial charge in [0.15, 0.2) is 5.96 Å². The Bertz CT molecular complexity index is 256. The molecule has 2 fully saturated rings. The van der Waals surface area contributed by atoms with E-state index in [9.17, 15) is 8.78 Å². The van der Waals surface area contributed by atoms with Crippen molar-refractivity contribution in [3.05, 3.63) is 0 Å². The van der Waals surface area contributed by atoms with Crippen LogP contribution in [-0.4, -0.2) is 25.0 Å². The average molecular weight is 345 g/mol. The topological polar surface area (TPSA) is 50.4 Å². The minimum absolute atomic E-state index is 0. The third kappa shape index (κ3) is 3.71. The smallest absolute Gasteiger partial charge is 0.243 e. The molecule has 0 unspecified atom stereocenters. The van der Waals surface area contributed by atoms with Crippen LogP contribution in [0.1, 0.15) is 25.7 Å². The van der Waals surface area contributed by atoms with Crippen molar-refractivity contribution in [1.82, 2.24) is 5.32 Å². The first-order chi connectivity index (χ1) is 7.16. The lowest BCUT2D eigenvalue weighted by atomic mass is 9.86. The van der Waals surface area contributed by atoms with Gasteiger partial charge in [-0.05, 0) is 25.2 Å². The van der Waals surface area contributed by atoms with Crippen LogP contribution in [0, 0.1) is 11.8 Å². The molecule has 6 heteroatoms. The maximum absolute atomic E-state index is 12.2. The molecule has 0 aromatic carbocycles. The molecular weight excluding hydrogens is 327 g/mol. The Balaban J connectivity index is 0.00000128. The zero-order chi connectivity index (χ0) is 10.8. The summed E-state index contributed by atoms with van der Waals surface area (Å²) in [4.78, 5) is 4.16. The van der Waals surface area contributed by atoms with Crippen LogP contribution in [-0.2, 0) is 0 Å². The molecule has 2 rings (SSSR count). The van der Waals surface area contributed by atoms with E-state index in [1.54, 1.807) is 0 Å². The number of hydrogen-bond donors (Lipinski definition) is 2. The first kappa shape index (κ1) is 13.9. The summed E-state index contributed by atoms with van der Waals surface area (Å²) in [6, 6.07) is -0.157. The van der Waals surface area contributed by atoms with Crippen LogP contribution in [0.4, 0.5) is 8.78 Å². The Morgan fingerprint density at radius 3 is 2.56 bits per heavy atom. The number of hydrogen-bond acceptors (Lipinski definition) is 1. The van der Waals surface area contributed by atoms with Gasteiger partial charge in [-0.3, -0.25) is 4.99 Å². The normalized spacial score (nSPS) is 29.6. The highest BCUT2D eigenvalue weighted by molar-refractivity contribution is 14.0. The number of guanidine groups is 1. The molecule has 0 amide bonds. The van der Waals surface area contributed by atoms with Crippen LogP contribution in [0.25, 0.3) is 0 Å². The van der Waals surface area contributed by atoms with E-state index in [-0.39, 0.29) is 30.0 Å². The lowest BCUT2D eigenvalue weighted by molar-refractivity contribution is 0.119. The van der Waals surface area contributed by atoms with Gasteiger partial charge < -0.3 is 11.1 Å². The summed E-state index contributed by atoms with van der Waals surface area (Å²) < 4.78 is 24.4. The second kappa shape index (κ2) is 5.97. The largest absolute Gasteiger partial charge is 0.370 e. The summed E-state index contributed by atoms with van der Waals surface area (Å²) in [5.74, 6) is 0.466. The van der Waals surface area contributed by atoms with Gasteiger partial charge in [0.05, 0.1) is 0 Å². The quantitative estimate of drug-likeness (QED) is 0.465. The molecule has 3 nitrogen and oxygen atoms in total. The van der Waals surface area contributed by atoms with Gasteiger partial charge in [0.2, 0.25) is 6.43 Å². The maximum Gasteiger partial charge on any atom is 0.243 e. The van der Waals surface area contributed by atoms with Gasteiger partial charge in [-0.2, -0.15) is 0 Å². The third-order valence-electron chi connectivity index (χ3n) is 3.24. The van der Waals surface area contributed by atoms with Gasteiger partial charge in [0.1, 0.15) is 0 Å². The molecule has 0 heterocycles. The van der Waals surface area contributed by atoms with Crippen molar-refractivity contribution in [2.75, 3.05) is 6.54 Å². The van der Waals surface area contributed by atoms with E-state index in [1.165, 1.54) is 19.3 Å². The summed E-state index contributed by atoms with van der Waals surface area (Å²) in [5, 5.41) is 2.84. The highest BCUT2D eigenvalue weighted by atomic mass is 127. The van der Waals surface area contributed by atoms with Crippen LogP contribution < -0.4 is 11.1 Å². The molecule has 0 aliphatic heterocycles. The standard InChI is InChI=1S/C10H17F2N3.HI/c11-9(12)7-4-8(7)15-10(13)14-5-6-2-1-3-6;/h6-9H,1-5H2,(H3,13,14,15);1H/t7-,8-;/m0./s1. The molecule has 0 aromatic heterocycles. The fourth-order valence-corrected chi connectivity index (χ4v) is 1.80. The summed E-state index contributed by atoms with van der Waals surface area (Å²) in [5.41, 5.74) is 5.60. The minimum atomic E-state index is -2.23. The van der Waals surface area contributed by atoms with Gasteiger partial charge in [0, 0.05) is 18.5 Å². The summed E-state index contributed by atoms with van der Waals surface area (Å²) in [6.07, 6.45) is 2.00. The lowest BCUT2D eigenvalue weighted by Gasteiger charge is -2.23. The van der Waals surface area contributed by atoms with Crippen molar-refractivity contribution >= 4 is 29.9 Å². The van der Waals surface area contributed by atoms with Gasteiger partial charge in [-0.1, -0.05) is 6.42 Å². The summed E-state index contributed by atoms with van der Waals surface area (Å²) in [7, 11) is 0. The number of nitrogens with zero attached hydrogens (tertiary/aromatic N) is 1. The molecular formula is C10H18F2IN3. The number of nitrogens with two attached hydrogens (primary N) is 1. The molecule has 2 aliphatic carbocycles. The van der Waals surface area contributed by atoms with Crippen molar-refractivity contribution in [3.8, 4) is 0 Å². The fraction of sp³-hybridized carbons (Fsp3) is 0.900. The molecule has 0 spiro atoms. The molecule has 0 aromatic rings. The second-order valence-corrected chi connectivity index (χ2v) is 4.51. The summed E-state index contributed by atoms with van der Waals surface area (Å²) >= 11 is 0.